The Morgan fingerprint density at radius 1 is 1.45 bits per heavy atom. The smallest absolute Gasteiger partial charge is 0.234 e. The summed E-state index contributed by atoms with van der Waals surface area (Å²) >= 11 is 3.70. The van der Waals surface area contributed by atoms with Crippen molar-refractivity contribution in [2.45, 2.75) is 23.9 Å². The fourth-order valence-electron chi connectivity index (χ4n) is 2.23. The molecule has 0 aromatic heterocycles. The third kappa shape index (κ3) is 4.72. The summed E-state index contributed by atoms with van der Waals surface area (Å²) in [6.45, 7) is 1.11. The van der Waals surface area contributed by atoms with Crippen LogP contribution < -0.4 is 5.32 Å². The zero-order valence-electron chi connectivity index (χ0n) is 12.1. The first-order valence-electron chi connectivity index (χ1n) is 6.86. The van der Waals surface area contributed by atoms with Crippen LogP contribution >= 0.6 is 23.5 Å². The van der Waals surface area contributed by atoms with Crippen molar-refractivity contribution in [2.24, 2.45) is 0 Å². The summed E-state index contributed by atoms with van der Waals surface area (Å²) in [5.41, 5.74) is 1.15. The number of nitrogens with zero attached hydrogens (tertiary/aromatic N) is 1. The summed E-state index contributed by atoms with van der Waals surface area (Å²) in [4.78, 5) is 15.4. The Balaban J connectivity index is 1.73. The van der Waals surface area contributed by atoms with Crippen LogP contribution in [-0.2, 0) is 11.3 Å². The average molecular weight is 310 g/mol. The fraction of sp³-hybridized carbons (Fsp3) is 0.533. The number of amides is 1. The van der Waals surface area contributed by atoms with Gasteiger partial charge >= 0.3 is 0 Å². The molecule has 1 aliphatic heterocycles. The lowest BCUT2D eigenvalue weighted by Gasteiger charge is -2.22. The Kier molecular flexibility index (Phi) is 6.26. The molecule has 1 amide bonds. The summed E-state index contributed by atoms with van der Waals surface area (Å²) < 4.78 is 0. The minimum atomic E-state index is 0.110. The number of rotatable bonds is 6. The Hall–Kier alpha value is -0.650. The normalized spacial score (nSPS) is 18.4. The minimum absolute atomic E-state index is 0.110. The van der Waals surface area contributed by atoms with E-state index in [9.17, 15) is 4.79 Å². The molecule has 20 heavy (non-hydrogen) atoms. The molecule has 1 aromatic rings. The number of benzene rings is 1. The van der Waals surface area contributed by atoms with Crippen molar-refractivity contribution >= 4 is 29.4 Å². The van der Waals surface area contributed by atoms with Crippen LogP contribution in [0.2, 0.25) is 0 Å². The number of hydrogen-bond donors (Lipinski definition) is 1. The highest BCUT2D eigenvalue weighted by molar-refractivity contribution is 7.99. The molecule has 0 radical (unpaired) electrons. The van der Waals surface area contributed by atoms with Gasteiger partial charge in [-0.1, -0.05) is 12.1 Å². The Morgan fingerprint density at radius 2 is 2.20 bits per heavy atom. The van der Waals surface area contributed by atoms with Gasteiger partial charge in [0.05, 0.1) is 6.54 Å². The van der Waals surface area contributed by atoms with Crippen LogP contribution in [0.4, 0.5) is 0 Å². The van der Waals surface area contributed by atoms with Crippen LogP contribution in [0, 0.1) is 0 Å². The molecule has 1 heterocycles. The van der Waals surface area contributed by atoms with Gasteiger partial charge in [-0.05, 0) is 43.2 Å². The van der Waals surface area contributed by atoms with Crippen molar-refractivity contribution in [3.63, 3.8) is 0 Å². The van der Waals surface area contributed by atoms with Gasteiger partial charge in [0.15, 0.2) is 0 Å². The first kappa shape index (κ1) is 15.7. The van der Waals surface area contributed by atoms with E-state index in [1.54, 1.807) is 11.8 Å². The van der Waals surface area contributed by atoms with Gasteiger partial charge in [0.25, 0.3) is 0 Å². The van der Waals surface area contributed by atoms with Crippen molar-refractivity contribution < 1.29 is 4.79 Å². The highest BCUT2D eigenvalue weighted by Gasteiger charge is 2.21. The highest BCUT2D eigenvalue weighted by Crippen LogP contribution is 2.21. The molecule has 0 bridgehead atoms. The van der Waals surface area contributed by atoms with Gasteiger partial charge in [0, 0.05) is 23.2 Å². The summed E-state index contributed by atoms with van der Waals surface area (Å²) in [5.74, 6) is 2.48. The van der Waals surface area contributed by atoms with E-state index >= 15 is 0 Å². The van der Waals surface area contributed by atoms with E-state index in [0.717, 1.165) is 11.3 Å². The van der Waals surface area contributed by atoms with E-state index in [1.807, 2.05) is 18.8 Å². The van der Waals surface area contributed by atoms with Gasteiger partial charge < -0.3 is 5.32 Å². The Morgan fingerprint density at radius 3 is 2.80 bits per heavy atom. The molecule has 0 saturated carbocycles. The molecule has 0 aliphatic carbocycles. The van der Waals surface area contributed by atoms with Crippen LogP contribution in [0.25, 0.3) is 0 Å². The third-order valence-electron chi connectivity index (χ3n) is 3.57. The third-order valence-corrected chi connectivity index (χ3v) is 5.46. The molecule has 1 fully saturated rings. The molecule has 1 N–H and O–H groups in total. The second-order valence-electron chi connectivity index (χ2n) is 5.06. The quantitative estimate of drug-likeness (QED) is 0.818. The van der Waals surface area contributed by atoms with Crippen molar-refractivity contribution in [2.75, 3.05) is 31.4 Å². The van der Waals surface area contributed by atoms with E-state index in [-0.39, 0.29) is 5.91 Å². The van der Waals surface area contributed by atoms with Gasteiger partial charge in [-0.25, -0.2) is 0 Å². The van der Waals surface area contributed by atoms with Crippen molar-refractivity contribution in [1.82, 2.24) is 10.2 Å². The number of carbonyl (C=O) groups excluding carboxylic acids is 1. The van der Waals surface area contributed by atoms with Gasteiger partial charge in [0.2, 0.25) is 5.91 Å². The van der Waals surface area contributed by atoms with Crippen LogP contribution in [0.15, 0.2) is 29.2 Å². The topological polar surface area (TPSA) is 32.3 Å². The van der Waals surface area contributed by atoms with Crippen LogP contribution in [0.3, 0.4) is 0 Å². The average Bonchev–Trinajstić information content (AvgIpc) is 3.00. The van der Waals surface area contributed by atoms with E-state index in [1.165, 1.54) is 17.1 Å². The molecular weight excluding hydrogens is 288 g/mol. The maximum Gasteiger partial charge on any atom is 0.234 e. The van der Waals surface area contributed by atoms with E-state index in [4.69, 9.17) is 0 Å². The molecular formula is C15H22N2OS2. The lowest BCUT2D eigenvalue weighted by molar-refractivity contribution is -0.122. The zero-order valence-corrected chi connectivity index (χ0v) is 13.7. The second-order valence-corrected chi connectivity index (χ2v) is 7.09. The van der Waals surface area contributed by atoms with Crippen LogP contribution in [-0.4, -0.2) is 48.2 Å². The maximum absolute atomic E-state index is 11.9. The highest BCUT2D eigenvalue weighted by atomic mass is 32.2. The first-order chi connectivity index (χ1) is 9.69. The number of thioether (sulfide) groups is 2. The van der Waals surface area contributed by atoms with Gasteiger partial charge in [-0.2, -0.15) is 11.8 Å². The van der Waals surface area contributed by atoms with Gasteiger partial charge in [0.1, 0.15) is 0 Å². The lowest BCUT2D eigenvalue weighted by Crippen LogP contribution is -2.40. The Bertz CT molecular complexity index is 430. The van der Waals surface area contributed by atoms with Crippen LogP contribution in [0.1, 0.15) is 12.0 Å². The summed E-state index contributed by atoms with van der Waals surface area (Å²) in [6.07, 6.45) is 3.26. The number of hydrogen-bond acceptors (Lipinski definition) is 4. The van der Waals surface area contributed by atoms with Crippen molar-refractivity contribution in [3.8, 4) is 0 Å². The SMILES string of the molecule is CSc1ccc(CNC(=O)CN(C)[C@@H]2CCSC2)cc1. The van der Waals surface area contributed by atoms with Crippen molar-refractivity contribution in [1.29, 1.82) is 0 Å². The van der Waals surface area contributed by atoms with Gasteiger partial charge in [-0.3, -0.25) is 9.69 Å². The maximum atomic E-state index is 11.9. The Labute approximate surface area is 129 Å². The second kappa shape index (κ2) is 7.96. The molecule has 1 aliphatic rings. The fourth-order valence-corrected chi connectivity index (χ4v) is 3.93. The van der Waals surface area contributed by atoms with E-state index in [2.05, 4.69) is 40.7 Å². The molecule has 110 valence electrons. The van der Waals surface area contributed by atoms with Crippen LogP contribution in [0.5, 0.6) is 0 Å². The zero-order chi connectivity index (χ0) is 14.4. The largest absolute Gasteiger partial charge is 0.351 e. The molecule has 2 rings (SSSR count). The number of likely N-dealkylation sites (N-methyl/N-ethyl adjacent to an activating group) is 1. The number of carbonyl (C=O) groups is 1. The predicted molar refractivity (Wildman–Crippen MR) is 88.4 cm³/mol. The minimum Gasteiger partial charge on any atom is -0.351 e. The molecule has 1 saturated heterocycles. The number of nitrogens with one attached hydrogen (secondary N) is 1. The van der Waals surface area contributed by atoms with E-state index in [0.29, 0.717) is 19.1 Å². The standard InChI is InChI=1S/C15H22N2OS2/c1-17(13-7-8-20-11-13)10-15(18)16-9-12-3-5-14(19-2)6-4-12/h3-6,13H,7-11H2,1-2H3,(H,16,18)/t13-/m1/s1. The predicted octanol–water partition coefficient (Wildman–Crippen LogP) is 2.46. The molecule has 0 unspecified atom stereocenters. The molecule has 1 aromatic carbocycles. The summed E-state index contributed by atoms with van der Waals surface area (Å²) in [6, 6.07) is 8.89. The molecule has 1 atom stereocenters. The van der Waals surface area contributed by atoms with Crippen molar-refractivity contribution in [3.05, 3.63) is 29.8 Å². The summed E-state index contributed by atoms with van der Waals surface area (Å²) in [7, 11) is 2.05. The monoisotopic (exact) mass is 310 g/mol. The van der Waals surface area contributed by atoms with Gasteiger partial charge in [-0.15, -0.1) is 11.8 Å². The summed E-state index contributed by atoms with van der Waals surface area (Å²) in [5, 5.41) is 3.00. The first-order valence-corrected chi connectivity index (χ1v) is 9.24. The molecule has 0 spiro atoms. The molecule has 5 heteroatoms. The molecule has 3 nitrogen and oxygen atoms in total. The van der Waals surface area contributed by atoms with E-state index < -0.39 is 0 Å². The lowest BCUT2D eigenvalue weighted by atomic mass is 10.2.